The molecule has 0 unspecified atom stereocenters. The van der Waals surface area contributed by atoms with E-state index >= 15 is 0 Å². The molecule has 0 aromatic carbocycles. The van der Waals surface area contributed by atoms with Gasteiger partial charge < -0.3 is 14.8 Å². The van der Waals surface area contributed by atoms with Crippen molar-refractivity contribution in [1.29, 1.82) is 0 Å². The second-order valence-corrected chi connectivity index (χ2v) is 3.69. The van der Waals surface area contributed by atoms with Crippen LogP contribution in [0.1, 0.15) is 11.3 Å². The van der Waals surface area contributed by atoms with Crippen LogP contribution >= 0.6 is 0 Å². The average Bonchev–Trinajstić information content (AvgIpc) is 2.33. The molecule has 1 fully saturated rings. The summed E-state index contributed by atoms with van der Waals surface area (Å²) in [4.78, 5) is 6.67. The predicted octanol–water partition coefficient (Wildman–Crippen LogP) is 1.03. The molecule has 1 saturated heterocycles. The van der Waals surface area contributed by atoms with Crippen molar-refractivity contribution < 1.29 is 9.94 Å². The first-order valence-corrected chi connectivity index (χ1v) is 5.29. The Morgan fingerprint density at radius 1 is 1.44 bits per heavy atom. The minimum absolute atomic E-state index is 0.751. The first-order chi connectivity index (χ1) is 7.81. The van der Waals surface area contributed by atoms with Crippen molar-refractivity contribution in [3.05, 3.63) is 23.4 Å². The summed E-state index contributed by atoms with van der Waals surface area (Å²) in [7, 11) is 0. The molecule has 16 heavy (non-hydrogen) atoms. The molecule has 0 spiro atoms. The minimum Gasteiger partial charge on any atom is -0.411 e. The molecule has 0 saturated carbocycles. The van der Waals surface area contributed by atoms with Crippen molar-refractivity contribution in [3.63, 3.8) is 0 Å². The number of hydrogen-bond acceptors (Lipinski definition) is 5. The monoisotopic (exact) mass is 221 g/mol. The summed E-state index contributed by atoms with van der Waals surface area (Å²) in [5.74, 6) is 0.955. The van der Waals surface area contributed by atoms with Gasteiger partial charge in [-0.3, -0.25) is 0 Å². The highest BCUT2D eigenvalue weighted by Gasteiger charge is 2.12. The first kappa shape index (κ1) is 10.9. The maximum absolute atomic E-state index is 8.48. The van der Waals surface area contributed by atoms with E-state index in [0.717, 1.165) is 43.4 Å². The molecule has 1 aliphatic heterocycles. The summed E-state index contributed by atoms with van der Waals surface area (Å²) in [6, 6.07) is 3.85. The lowest BCUT2D eigenvalue weighted by molar-refractivity contribution is 0.122. The molecule has 1 N–H and O–H groups in total. The Kier molecular flexibility index (Phi) is 3.36. The molecule has 86 valence electrons. The van der Waals surface area contributed by atoms with E-state index in [-0.39, 0.29) is 0 Å². The quantitative estimate of drug-likeness (QED) is 0.460. The third kappa shape index (κ3) is 2.30. The Labute approximate surface area is 94.4 Å². The Balaban J connectivity index is 2.19. The summed E-state index contributed by atoms with van der Waals surface area (Å²) < 4.78 is 5.29. The molecule has 1 aromatic heterocycles. The van der Waals surface area contributed by atoms with Crippen LogP contribution in [0.25, 0.3) is 0 Å². The van der Waals surface area contributed by atoms with Crippen LogP contribution in [-0.2, 0) is 4.74 Å². The van der Waals surface area contributed by atoms with Crippen LogP contribution in [0.2, 0.25) is 0 Å². The van der Waals surface area contributed by atoms with Gasteiger partial charge in [0.1, 0.15) is 5.82 Å². The maximum Gasteiger partial charge on any atom is 0.128 e. The van der Waals surface area contributed by atoms with Crippen molar-refractivity contribution in [2.75, 3.05) is 31.2 Å². The van der Waals surface area contributed by atoms with E-state index in [1.165, 1.54) is 6.21 Å². The van der Waals surface area contributed by atoms with Crippen molar-refractivity contribution in [3.8, 4) is 0 Å². The molecule has 0 aliphatic carbocycles. The van der Waals surface area contributed by atoms with Crippen molar-refractivity contribution in [1.82, 2.24) is 4.98 Å². The second kappa shape index (κ2) is 4.94. The van der Waals surface area contributed by atoms with Gasteiger partial charge in [0, 0.05) is 24.3 Å². The number of nitrogens with zero attached hydrogens (tertiary/aromatic N) is 3. The maximum atomic E-state index is 8.48. The highest BCUT2D eigenvalue weighted by Crippen LogP contribution is 2.15. The molecule has 1 aromatic rings. The third-order valence-electron chi connectivity index (χ3n) is 2.64. The summed E-state index contributed by atoms with van der Waals surface area (Å²) >= 11 is 0. The summed E-state index contributed by atoms with van der Waals surface area (Å²) in [5.41, 5.74) is 1.70. The first-order valence-electron chi connectivity index (χ1n) is 5.29. The van der Waals surface area contributed by atoms with E-state index in [1.54, 1.807) is 0 Å². The molecule has 0 atom stereocenters. The number of hydrogen-bond donors (Lipinski definition) is 1. The van der Waals surface area contributed by atoms with Gasteiger partial charge in [0.25, 0.3) is 0 Å². The average molecular weight is 221 g/mol. The number of anilines is 1. The molecule has 5 nitrogen and oxygen atoms in total. The van der Waals surface area contributed by atoms with E-state index in [2.05, 4.69) is 15.0 Å². The number of oxime groups is 1. The van der Waals surface area contributed by atoms with E-state index < -0.39 is 0 Å². The van der Waals surface area contributed by atoms with Crippen LogP contribution in [0.15, 0.2) is 17.3 Å². The Morgan fingerprint density at radius 2 is 2.19 bits per heavy atom. The lowest BCUT2D eigenvalue weighted by Gasteiger charge is -2.28. The van der Waals surface area contributed by atoms with E-state index in [1.807, 2.05) is 19.1 Å². The van der Waals surface area contributed by atoms with Gasteiger partial charge in [0.05, 0.1) is 19.4 Å². The predicted molar refractivity (Wildman–Crippen MR) is 61.4 cm³/mol. The lowest BCUT2D eigenvalue weighted by Crippen LogP contribution is -2.36. The fraction of sp³-hybridized carbons (Fsp3) is 0.455. The normalized spacial score (nSPS) is 16.9. The zero-order valence-corrected chi connectivity index (χ0v) is 9.26. The Morgan fingerprint density at radius 3 is 2.81 bits per heavy atom. The van der Waals surface area contributed by atoms with Gasteiger partial charge in [0.2, 0.25) is 0 Å². The molecule has 0 bridgehead atoms. The van der Waals surface area contributed by atoms with E-state index in [4.69, 9.17) is 9.94 Å². The molecule has 0 radical (unpaired) electrons. The summed E-state index contributed by atoms with van der Waals surface area (Å²) in [6.07, 6.45) is 1.39. The van der Waals surface area contributed by atoms with Gasteiger partial charge in [-0.05, 0) is 19.1 Å². The van der Waals surface area contributed by atoms with Gasteiger partial charge >= 0.3 is 0 Å². The van der Waals surface area contributed by atoms with Crippen molar-refractivity contribution in [2.45, 2.75) is 6.92 Å². The molecule has 5 heteroatoms. The molecular weight excluding hydrogens is 206 g/mol. The molecule has 0 amide bonds. The molecule has 2 heterocycles. The second-order valence-electron chi connectivity index (χ2n) is 3.69. The smallest absolute Gasteiger partial charge is 0.128 e. The van der Waals surface area contributed by atoms with Gasteiger partial charge in [-0.25, -0.2) is 4.98 Å². The van der Waals surface area contributed by atoms with E-state index in [0.29, 0.717) is 0 Å². The van der Waals surface area contributed by atoms with Crippen molar-refractivity contribution >= 4 is 12.0 Å². The number of morpholine rings is 1. The number of ether oxygens (including phenoxy) is 1. The lowest BCUT2D eigenvalue weighted by atomic mass is 10.2. The number of rotatable bonds is 2. The van der Waals surface area contributed by atoms with Gasteiger partial charge in [-0.1, -0.05) is 5.16 Å². The summed E-state index contributed by atoms with van der Waals surface area (Å²) in [5, 5.41) is 11.5. The number of pyridine rings is 1. The molecular formula is C11H15N3O2. The molecule has 2 rings (SSSR count). The number of aromatic nitrogens is 1. The highest BCUT2D eigenvalue weighted by molar-refractivity contribution is 5.80. The minimum atomic E-state index is 0.751. The largest absolute Gasteiger partial charge is 0.411 e. The number of aryl methyl sites for hydroxylation is 1. The van der Waals surface area contributed by atoms with Crippen LogP contribution in [0.3, 0.4) is 0 Å². The standard InChI is InChI=1S/C11H15N3O2/c1-9-10(8-12-15)2-3-11(13-9)14-4-6-16-7-5-14/h2-3,8,15H,4-7H2,1H3/b12-8-. The zero-order chi connectivity index (χ0) is 11.4. The SMILES string of the molecule is Cc1nc(N2CCOCC2)ccc1/C=N\O. The van der Waals surface area contributed by atoms with Crippen LogP contribution in [0.5, 0.6) is 0 Å². The van der Waals surface area contributed by atoms with Gasteiger partial charge in [0.15, 0.2) is 0 Å². The van der Waals surface area contributed by atoms with Crippen LogP contribution in [0.4, 0.5) is 5.82 Å². The van der Waals surface area contributed by atoms with Gasteiger partial charge in [-0.15, -0.1) is 0 Å². The van der Waals surface area contributed by atoms with Gasteiger partial charge in [-0.2, -0.15) is 0 Å². The van der Waals surface area contributed by atoms with Crippen molar-refractivity contribution in [2.24, 2.45) is 5.16 Å². The third-order valence-corrected chi connectivity index (χ3v) is 2.64. The molecule has 1 aliphatic rings. The van der Waals surface area contributed by atoms with Crippen LogP contribution in [-0.4, -0.2) is 42.7 Å². The fourth-order valence-electron chi connectivity index (χ4n) is 1.73. The summed E-state index contributed by atoms with van der Waals surface area (Å²) in [6.45, 7) is 5.15. The fourth-order valence-corrected chi connectivity index (χ4v) is 1.73. The Bertz CT molecular complexity index is 387. The van der Waals surface area contributed by atoms with E-state index in [9.17, 15) is 0 Å². The van der Waals surface area contributed by atoms with Crippen LogP contribution in [0, 0.1) is 6.92 Å². The highest BCUT2D eigenvalue weighted by atomic mass is 16.5. The zero-order valence-electron chi connectivity index (χ0n) is 9.26. The topological polar surface area (TPSA) is 58.0 Å². The van der Waals surface area contributed by atoms with Crippen LogP contribution < -0.4 is 4.90 Å². The Hall–Kier alpha value is -1.62.